The van der Waals surface area contributed by atoms with Gasteiger partial charge in [-0.05, 0) is 38.5 Å². The van der Waals surface area contributed by atoms with Gasteiger partial charge in [-0.3, -0.25) is 9.59 Å². The molecule has 0 fully saturated rings. The van der Waals surface area contributed by atoms with Crippen molar-refractivity contribution in [3.8, 4) is 5.88 Å². The molecule has 0 aromatic carbocycles. The fourth-order valence-corrected chi connectivity index (χ4v) is 2.29. The number of pyridine rings is 2. The minimum Gasteiger partial charge on any atom is -0.477 e. The molecular formula is C20H23F3N4O4. The number of nitrogens with one attached hydrogen (secondary N) is 2. The van der Waals surface area contributed by atoms with E-state index in [2.05, 4.69) is 20.6 Å². The molecule has 8 nitrogen and oxygen atoms in total. The summed E-state index contributed by atoms with van der Waals surface area (Å²) in [6.45, 7) is 3.89. The van der Waals surface area contributed by atoms with Gasteiger partial charge in [-0.25, -0.2) is 9.97 Å². The average molecular weight is 440 g/mol. The van der Waals surface area contributed by atoms with E-state index in [0.29, 0.717) is 11.3 Å². The molecule has 168 valence electrons. The molecule has 2 aromatic heterocycles. The number of halogens is 3. The van der Waals surface area contributed by atoms with Gasteiger partial charge in [0, 0.05) is 30.1 Å². The number of ether oxygens (including phenoxy) is 1. The quantitative estimate of drug-likeness (QED) is 0.582. The molecule has 2 heterocycles. The van der Waals surface area contributed by atoms with Crippen LogP contribution < -0.4 is 15.4 Å². The lowest BCUT2D eigenvalue weighted by Gasteiger charge is -2.16. The Morgan fingerprint density at radius 2 is 1.90 bits per heavy atom. The van der Waals surface area contributed by atoms with Gasteiger partial charge in [0.25, 0.3) is 11.8 Å². The fraction of sp³-hybridized carbons (Fsp3) is 0.400. The molecule has 3 N–H and O–H groups in total. The zero-order valence-electron chi connectivity index (χ0n) is 17.2. The number of aromatic nitrogens is 2. The minimum atomic E-state index is -4.30. The van der Waals surface area contributed by atoms with E-state index >= 15 is 0 Å². The first kappa shape index (κ1) is 24.1. The number of nitrogens with zero attached hydrogens (tertiary/aromatic N) is 2. The number of amides is 2. The van der Waals surface area contributed by atoms with Crippen LogP contribution in [0, 0.1) is 6.92 Å². The van der Waals surface area contributed by atoms with Crippen molar-refractivity contribution in [2.24, 2.45) is 0 Å². The Morgan fingerprint density at radius 3 is 2.48 bits per heavy atom. The predicted octanol–water partition coefficient (Wildman–Crippen LogP) is 2.76. The van der Waals surface area contributed by atoms with Gasteiger partial charge in [-0.15, -0.1) is 0 Å². The van der Waals surface area contributed by atoms with Crippen LogP contribution in [0.25, 0.3) is 0 Å². The standard InChI is InChI=1S/C20H23F3N4O4/c1-12-8-14(9-15(26-12)27-18(29)19(2,3)30)17(28)25-11-13-4-5-16(24-10-13)31-7-6-20(21,22)23/h4-5,8-10,30H,6-7,11H2,1-3H3,(H,25,28)(H,26,27,29). The summed E-state index contributed by atoms with van der Waals surface area (Å²) in [5, 5.41) is 14.9. The highest BCUT2D eigenvalue weighted by molar-refractivity contribution is 5.98. The van der Waals surface area contributed by atoms with E-state index in [1.165, 1.54) is 38.2 Å². The SMILES string of the molecule is Cc1cc(C(=O)NCc2ccc(OCCC(F)(F)F)nc2)cc(NC(=O)C(C)(C)O)n1. The monoisotopic (exact) mass is 440 g/mol. The third kappa shape index (κ3) is 8.21. The van der Waals surface area contributed by atoms with Crippen LogP contribution in [0.5, 0.6) is 5.88 Å². The number of aliphatic hydroxyl groups is 1. The van der Waals surface area contributed by atoms with Crippen molar-refractivity contribution in [1.29, 1.82) is 0 Å². The molecule has 0 saturated carbocycles. The van der Waals surface area contributed by atoms with Crippen LogP contribution in [0.4, 0.5) is 19.0 Å². The number of hydrogen-bond donors (Lipinski definition) is 3. The first-order valence-electron chi connectivity index (χ1n) is 9.29. The average Bonchev–Trinajstić information content (AvgIpc) is 2.65. The lowest BCUT2D eigenvalue weighted by Crippen LogP contribution is -2.37. The molecule has 0 saturated heterocycles. The van der Waals surface area contributed by atoms with Crippen LogP contribution in [-0.2, 0) is 11.3 Å². The van der Waals surface area contributed by atoms with E-state index < -0.39 is 36.6 Å². The summed E-state index contributed by atoms with van der Waals surface area (Å²) in [6.07, 6.45) is -3.99. The van der Waals surface area contributed by atoms with E-state index in [1.54, 1.807) is 13.0 Å². The second-order valence-electron chi connectivity index (χ2n) is 7.30. The van der Waals surface area contributed by atoms with E-state index in [0.717, 1.165) is 0 Å². The third-order valence-corrected chi connectivity index (χ3v) is 3.90. The molecule has 0 atom stereocenters. The summed E-state index contributed by atoms with van der Waals surface area (Å²) in [6, 6.07) is 5.90. The molecule has 2 amide bonds. The summed E-state index contributed by atoms with van der Waals surface area (Å²) in [5.41, 5.74) is -0.263. The molecule has 0 aliphatic heterocycles. The molecule has 2 rings (SSSR count). The number of rotatable bonds is 8. The highest BCUT2D eigenvalue weighted by atomic mass is 19.4. The van der Waals surface area contributed by atoms with E-state index in [4.69, 9.17) is 4.74 Å². The Hall–Kier alpha value is -3.21. The van der Waals surface area contributed by atoms with Crippen LogP contribution in [-0.4, -0.2) is 45.3 Å². The number of anilines is 1. The van der Waals surface area contributed by atoms with Crippen molar-refractivity contribution in [1.82, 2.24) is 15.3 Å². The first-order chi connectivity index (χ1) is 14.3. The van der Waals surface area contributed by atoms with Gasteiger partial charge in [-0.1, -0.05) is 6.07 Å². The van der Waals surface area contributed by atoms with Gasteiger partial charge in [0.2, 0.25) is 5.88 Å². The van der Waals surface area contributed by atoms with Crippen molar-refractivity contribution >= 4 is 17.6 Å². The largest absolute Gasteiger partial charge is 0.477 e. The lowest BCUT2D eigenvalue weighted by molar-refractivity contribution is -0.139. The maximum atomic E-state index is 12.5. The van der Waals surface area contributed by atoms with Gasteiger partial charge >= 0.3 is 6.18 Å². The summed E-state index contributed by atoms with van der Waals surface area (Å²) >= 11 is 0. The summed E-state index contributed by atoms with van der Waals surface area (Å²) < 4.78 is 41.3. The Balaban J connectivity index is 1.94. The maximum absolute atomic E-state index is 12.5. The number of carbonyl (C=O) groups is 2. The molecule has 31 heavy (non-hydrogen) atoms. The van der Waals surface area contributed by atoms with E-state index in [-0.39, 0.29) is 23.8 Å². The molecule has 0 unspecified atom stereocenters. The van der Waals surface area contributed by atoms with Crippen LogP contribution in [0.1, 0.15) is 41.9 Å². The van der Waals surface area contributed by atoms with Crippen LogP contribution in [0.2, 0.25) is 0 Å². The molecule has 0 bridgehead atoms. The van der Waals surface area contributed by atoms with Gasteiger partial charge in [0.05, 0.1) is 13.0 Å². The Morgan fingerprint density at radius 1 is 1.19 bits per heavy atom. The predicted molar refractivity (Wildman–Crippen MR) is 105 cm³/mol. The highest BCUT2D eigenvalue weighted by Crippen LogP contribution is 2.20. The normalized spacial score (nSPS) is 11.7. The topological polar surface area (TPSA) is 113 Å². The van der Waals surface area contributed by atoms with Gasteiger partial charge < -0.3 is 20.5 Å². The van der Waals surface area contributed by atoms with Gasteiger partial charge in [0.15, 0.2) is 0 Å². The first-order valence-corrected chi connectivity index (χ1v) is 9.29. The molecule has 2 aromatic rings. The second kappa shape index (κ2) is 9.73. The van der Waals surface area contributed by atoms with Crippen molar-refractivity contribution < 1.29 is 32.6 Å². The van der Waals surface area contributed by atoms with Crippen molar-refractivity contribution in [2.45, 2.75) is 45.5 Å². The molecule has 11 heteroatoms. The zero-order valence-corrected chi connectivity index (χ0v) is 17.2. The van der Waals surface area contributed by atoms with Crippen molar-refractivity contribution in [2.75, 3.05) is 11.9 Å². The summed E-state index contributed by atoms with van der Waals surface area (Å²) in [7, 11) is 0. The Bertz CT molecular complexity index is 926. The maximum Gasteiger partial charge on any atom is 0.392 e. The van der Waals surface area contributed by atoms with Crippen molar-refractivity contribution in [3.05, 3.63) is 47.3 Å². The van der Waals surface area contributed by atoms with Crippen LogP contribution in [0.3, 0.4) is 0 Å². The Kier molecular flexibility index (Phi) is 7.55. The number of aryl methyl sites for hydroxylation is 1. The summed E-state index contributed by atoms with van der Waals surface area (Å²) in [5.74, 6) is -0.925. The smallest absolute Gasteiger partial charge is 0.392 e. The molecule has 0 aliphatic rings. The van der Waals surface area contributed by atoms with Crippen LogP contribution in [0.15, 0.2) is 30.5 Å². The number of hydrogen-bond acceptors (Lipinski definition) is 6. The minimum absolute atomic E-state index is 0.0521. The molecular weight excluding hydrogens is 417 g/mol. The van der Waals surface area contributed by atoms with Gasteiger partial charge in [-0.2, -0.15) is 13.2 Å². The van der Waals surface area contributed by atoms with E-state index in [9.17, 15) is 27.9 Å². The number of alkyl halides is 3. The zero-order chi connectivity index (χ0) is 23.2. The van der Waals surface area contributed by atoms with E-state index in [1.807, 2.05) is 0 Å². The summed E-state index contributed by atoms with van der Waals surface area (Å²) in [4.78, 5) is 32.4. The third-order valence-electron chi connectivity index (χ3n) is 3.90. The Labute approximate surface area is 176 Å². The number of carbonyl (C=O) groups excluding carboxylic acids is 2. The molecule has 0 spiro atoms. The van der Waals surface area contributed by atoms with Crippen LogP contribution >= 0.6 is 0 Å². The lowest BCUT2D eigenvalue weighted by atomic mass is 10.1. The molecule has 0 radical (unpaired) electrons. The second-order valence-corrected chi connectivity index (χ2v) is 7.30. The van der Waals surface area contributed by atoms with Crippen molar-refractivity contribution in [3.63, 3.8) is 0 Å². The fourth-order valence-electron chi connectivity index (χ4n) is 2.29. The van der Waals surface area contributed by atoms with Gasteiger partial charge in [0.1, 0.15) is 11.4 Å². The molecule has 0 aliphatic carbocycles. The highest BCUT2D eigenvalue weighted by Gasteiger charge is 2.27.